The zero-order valence-corrected chi connectivity index (χ0v) is 18.2. The minimum Gasteiger partial charge on any atom is -0.369 e. The molecule has 0 unspecified atom stereocenters. The quantitative estimate of drug-likeness (QED) is 0.586. The first-order chi connectivity index (χ1) is 14.7. The van der Waals surface area contributed by atoms with E-state index in [4.69, 9.17) is 12.3 Å². The summed E-state index contributed by atoms with van der Waals surface area (Å²) in [4.78, 5) is 24.7. The van der Waals surface area contributed by atoms with Gasteiger partial charge in [-0.1, -0.05) is 24.3 Å². The van der Waals surface area contributed by atoms with Crippen LogP contribution < -0.4 is 5.73 Å². The van der Waals surface area contributed by atoms with E-state index in [-0.39, 0.29) is 23.9 Å². The van der Waals surface area contributed by atoms with Crippen LogP contribution in [0.25, 0.3) is 4.85 Å². The molecule has 0 spiro atoms. The molecule has 2 N–H and O–H groups in total. The lowest BCUT2D eigenvalue weighted by Gasteiger charge is -2.41. The Morgan fingerprint density at radius 1 is 1.35 bits per heavy atom. The van der Waals surface area contributed by atoms with Crippen molar-refractivity contribution in [3.05, 3.63) is 70.3 Å². The second-order valence-corrected chi connectivity index (χ2v) is 10.3. The van der Waals surface area contributed by atoms with E-state index in [0.717, 1.165) is 33.8 Å². The van der Waals surface area contributed by atoms with E-state index in [1.165, 1.54) is 13.2 Å². The predicted molar refractivity (Wildman–Crippen MR) is 117 cm³/mol. The number of aromatic nitrogens is 1. The van der Waals surface area contributed by atoms with Crippen molar-refractivity contribution in [1.29, 1.82) is 0 Å². The van der Waals surface area contributed by atoms with Gasteiger partial charge in [-0.05, 0) is 48.9 Å². The molecule has 0 saturated heterocycles. The number of rotatable bonds is 3. The Kier molecular flexibility index (Phi) is 5.06. The number of aliphatic imine (C=N–C) groups is 1. The molecule has 1 aromatic heterocycles. The maximum Gasteiger partial charge on any atom is 0.242 e. The average Bonchev–Trinajstić information content (AvgIpc) is 2.89. The lowest BCUT2D eigenvalue weighted by molar-refractivity contribution is 0.0988. The highest BCUT2D eigenvalue weighted by Gasteiger charge is 2.51. The number of sulfonamides is 1. The summed E-state index contributed by atoms with van der Waals surface area (Å²) >= 11 is 0. The van der Waals surface area contributed by atoms with Crippen LogP contribution in [-0.4, -0.2) is 41.7 Å². The van der Waals surface area contributed by atoms with Gasteiger partial charge in [-0.15, -0.1) is 0 Å². The molecule has 2 heterocycles. The predicted octanol–water partition coefficient (Wildman–Crippen LogP) is 2.57. The summed E-state index contributed by atoms with van der Waals surface area (Å²) in [6, 6.07) is 8.85. The molecule has 8 nitrogen and oxygen atoms in total. The zero-order valence-electron chi connectivity index (χ0n) is 17.4. The van der Waals surface area contributed by atoms with Crippen molar-refractivity contribution in [3.8, 4) is 0 Å². The van der Waals surface area contributed by atoms with Crippen molar-refractivity contribution in [2.75, 3.05) is 7.05 Å². The molecule has 1 aliphatic carbocycles. The number of guanidine groups is 1. The van der Waals surface area contributed by atoms with Crippen LogP contribution in [0.1, 0.15) is 46.9 Å². The topological polar surface area (TPSA) is 110 Å². The third-order valence-electron chi connectivity index (χ3n) is 6.20. The molecular weight excluding hydrogens is 414 g/mol. The van der Waals surface area contributed by atoms with Crippen LogP contribution in [0, 0.1) is 6.57 Å². The molecule has 2 aliphatic rings. The molecular formula is C22H23N5O3S. The summed E-state index contributed by atoms with van der Waals surface area (Å²) in [6.45, 7) is 8.80. The molecule has 0 bridgehead atoms. The minimum atomic E-state index is -3.65. The van der Waals surface area contributed by atoms with E-state index in [2.05, 4.69) is 14.8 Å². The number of ketones is 1. The summed E-state index contributed by atoms with van der Waals surface area (Å²) in [5.41, 5.74) is 8.21. The molecule has 2 atom stereocenters. The largest absolute Gasteiger partial charge is 0.369 e. The second-order valence-electron chi connectivity index (χ2n) is 8.12. The van der Waals surface area contributed by atoms with Crippen LogP contribution in [0.3, 0.4) is 0 Å². The number of hydrogen-bond acceptors (Lipinski definition) is 6. The maximum absolute atomic E-state index is 13.1. The van der Waals surface area contributed by atoms with Gasteiger partial charge in [0.05, 0.1) is 6.57 Å². The summed E-state index contributed by atoms with van der Waals surface area (Å²) in [6.07, 6.45) is 3.45. The third-order valence-corrected chi connectivity index (χ3v) is 8.56. The Labute approximate surface area is 181 Å². The van der Waals surface area contributed by atoms with Gasteiger partial charge in [0.25, 0.3) is 0 Å². The smallest absolute Gasteiger partial charge is 0.242 e. The van der Waals surface area contributed by atoms with Crippen LogP contribution in [-0.2, 0) is 28.4 Å². The summed E-state index contributed by atoms with van der Waals surface area (Å²) in [5.74, 6) is -0.206. The maximum atomic E-state index is 13.1. The Hall–Kier alpha value is -3.25. The highest BCUT2D eigenvalue weighted by atomic mass is 32.2. The molecule has 160 valence electrons. The zero-order chi connectivity index (χ0) is 22.4. The normalized spacial score (nSPS) is 24.2. The minimum absolute atomic E-state index is 0.0304. The third kappa shape index (κ3) is 3.47. The standard InChI is InChI=1S/C22H23N5O3S/c1-22-17-11-14(12-19(28)18-10-9-16(24-2)13-25-18)7-8-15(17)5-4-6-20(22)31(29,30)27(3)21(23)26-22/h7-11,13,20H,4-6,12H2,1,3H3,(H2,23,26)/t20-,22+/m0/s1. The van der Waals surface area contributed by atoms with Crippen LogP contribution in [0.5, 0.6) is 0 Å². The Bertz CT molecular complexity index is 1230. The van der Waals surface area contributed by atoms with E-state index < -0.39 is 20.8 Å². The van der Waals surface area contributed by atoms with Crippen molar-refractivity contribution in [1.82, 2.24) is 9.29 Å². The molecule has 0 amide bonds. The number of carbonyl (C=O) groups excluding carboxylic acids is 1. The van der Waals surface area contributed by atoms with Gasteiger partial charge < -0.3 is 5.73 Å². The Balaban J connectivity index is 1.73. The molecule has 1 aliphatic heterocycles. The van der Waals surface area contributed by atoms with Crippen molar-refractivity contribution in [3.63, 3.8) is 0 Å². The molecule has 1 aromatic carbocycles. The number of benzene rings is 1. The fourth-order valence-corrected chi connectivity index (χ4v) is 6.36. The Morgan fingerprint density at radius 2 is 2.13 bits per heavy atom. The summed E-state index contributed by atoms with van der Waals surface area (Å²) in [7, 11) is -2.21. The van der Waals surface area contributed by atoms with E-state index in [1.54, 1.807) is 12.1 Å². The van der Waals surface area contributed by atoms with Gasteiger partial charge >= 0.3 is 0 Å². The number of nitrogens with zero attached hydrogens (tertiary/aromatic N) is 4. The molecule has 4 rings (SSSR count). The van der Waals surface area contributed by atoms with Gasteiger partial charge in [-0.3, -0.25) is 9.78 Å². The SMILES string of the molecule is [C-]#[N+]c1ccc(C(=O)Cc2ccc3c(c2)[C@@]2(C)N=C(N)N(C)S(=O)(=O)[C@H]2CCC3)nc1. The van der Waals surface area contributed by atoms with Gasteiger partial charge in [0.2, 0.25) is 21.7 Å². The van der Waals surface area contributed by atoms with Crippen molar-refractivity contribution >= 4 is 27.5 Å². The second kappa shape index (κ2) is 7.46. The number of Topliss-reactive ketones (excluding diaryl/α,β-unsaturated/α-hetero) is 1. The van der Waals surface area contributed by atoms with Gasteiger partial charge in [0.1, 0.15) is 16.5 Å². The summed E-state index contributed by atoms with van der Waals surface area (Å²) < 4.78 is 27.3. The number of pyridine rings is 1. The number of fused-ring (bicyclic) bond motifs is 3. The van der Waals surface area contributed by atoms with Crippen molar-refractivity contribution < 1.29 is 13.2 Å². The summed E-state index contributed by atoms with van der Waals surface area (Å²) in [5, 5.41) is -0.715. The number of carbonyl (C=O) groups is 1. The first-order valence-electron chi connectivity index (χ1n) is 9.99. The van der Waals surface area contributed by atoms with Crippen molar-refractivity contribution in [2.45, 2.75) is 43.4 Å². The van der Waals surface area contributed by atoms with Gasteiger partial charge in [0, 0.05) is 19.7 Å². The van der Waals surface area contributed by atoms with Crippen LogP contribution in [0.15, 0.2) is 41.5 Å². The molecule has 2 aromatic rings. The first kappa shape index (κ1) is 21.0. The first-order valence-corrected chi connectivity index (χ1v) is 11.5. The molecule has 31 heavy (non-hydrogen) atoms. The highest BCUT2D eigenvalue weighted by molar-refractivity contribution is 7.90. The van der Waals surface area contributed by atoms with E-state index in [1.807, 2.05) is 25.1 Å². The van der Waals surface area contributed by atoms with Gasteiger partial charge in [0.15, 0.2) is 5.78 Å². The fraction of sp³-hybridized carbons (Fsp3) is 0.364. The lowest BCUT2D eigenvalue weighted by Crippen LogP contribution is -2.56. The lowest BCUT2D eigenvalue weighted by atomic mass is 9.84. The average molecular weight is 438 g/mol. The fourth-order valence-electron chi connectivity index (χ4n) is 4.45. The van der Waals surface area contributed by atoms with Gasteiger partial charge in [-0.2, -0.15) is 0 Å². The number of nitrogens with two attached hydrogens (primary N) is 1. The van der Waals surface area contributed by atoms with Crippen LogP contribution in [0.4, 0.5) is 5.69 Å². The number of aryl methyl sites for hydroxylation is 1. The van der Waals surface area contributed by atoms with E-state index >= 15 is 0 Å². The highest BCUT2D eigenvalue weighted by Crippen LogP contribution is 2.44. The molecule has 9 heteroatoms. The number of hydrogen-bond donors (Lipinski definition) is 1. The van der Waals surface area contributed by atoms with E-state index in [0.29, 0.717) is 12.1 Å². The van der Waals surface area contributed by atoms with Gasteiger partial charge in [-0.25, -0.2) is 22.6 Å². The Morgan fingerprint density at radius 3 is 2.81 bits per heavy atom. The van der Waals surface area contributed by atoms with Crippen LogP contribution in [0.2, 0.25) is 0 Å². The van der Waals surface area contributed by atoms with E-state index in [9.17, 15) is 13.2 Å². The van der Waals surface area contributed by atoms with Crippen molar-refractivity contribution in [2.24, 2.45) is 10.7 Å². The molecule has 0 fully saturated rings. The molecule has 0 radical (unpaired) electrons. The van der Waals surface area contributed by atoms with Crippen LogP contribution >= 0.6 is 0 Å². The molecule has 0 saturated carbocycles. The monoisotopic (exact) mass is 437 g/mol.